The Morgan fingerprint density at radius 1 is 1.27 bits per heavy atom. The van der Waals surface area contributed by atoms with Crippen LogP contribution >= 0.6 is 0 Å². The second kappa shape index (κ2) is 3.96. The fourth-order valence-corrected chi connectivity index (χ4v) is 3.92. The zero-order chi connectivity index (χ0) is 11.1. The first-order chi connectivity index (χ1) is 7.03. The number of hydrogen-bond donors (Lipinski definition) is 0. The fourth-order valence-electron chi connectivity index (χ4n) is 3.92. The molecule has 0 unspecified atom stereocenters. The van der Waals surface area contributed by atoms with Crippen molar-refractivity contribution in [3.63, 3.8) is 0 Å². The van der Waals surface area contributed by atoms with Crippen molar-refractivity contribution in [2.24, 2.45) is 17.3 Å². The molecule has 2 aliphatic rings. The number of fused-ring (bicyclic) bond motifs is 1. The molecule has 0 amide bonds. The molecular weight excluding hydrogens is 180 g/mol. The summed E-state index contributed by atoms with van der Waals surface area (Å²) in [5, 5.41) is 0. The first kappa shape index (κ1) is 11.2. The normalized spacial score (nSPS) is 41.2. The van der Waals surface area contributed by atoms with Crippen LogP contribution in [0.15, 0.2) is 11.1 Å². The minimum atomic E-state index is 0.677. The highest BCUT2D eigenvalue weighted by molar-refractivity contribution is 5.16. The van der Waals surface area contributed by atoms with Gasteiger partial charge in [0, 0.05) is 0 Å². The zero-order valence-electron chi connectivity index (χ0n) is 10.9. The van der Waals surface area contributed by atoms with Gasteiger partial charge in [0.15, 0.2) is 0 Å². The van der Waals surface area contributed by atoms with Gasteiger partial charge in [0.2, 0.25) is 0 Å². The molecule has 15 heavy (non-hydrogen) atoms. The van der Waals surface area contributed by atoms with Crippen molar-refractivity contribution in [2.75, 3.05) is 0 Å². The third-order valence-electron chi connectivity index (χ3n) is 5.16. The summed E-state index contributed by atoms with van der Waals surface area (Å²) in [6.45, 7) is 9.63. The number of hydrogen-bond acceptors (Lipinski definition) is 0. The van der Waals surface area contributed by atoms with Crippen LogP contribution in [0.2, 0.25) is 0 Å². The van der Waals surface area contributed by atoms with Gasteiger partial charge in [-0.1, -0.05) is 37.8 Å². The molecule has 2 rings (SSSR count). The molecule has 0 spiro atoms. The quantitative estimate of drug-likeness (QED) is 0.492. The van der Waals surface area contributed by atoms with Crippen molar-refractivity contribution in [3.05, 3.63) is 11.1 Å². The maximum atomic E-state index is 2.55. The summed E-state index contributed by atoms with van der Waals surface area (Å²) in [7, 11) is 0. The van der Waals surface area contributed by atoms with Crippen molar-refractivity contribution in [1.82, 2.24) is 0 Å². The van der Waals surface area contributed by atoms with Crippen LogP contribution in [-0.2, 0) is 0 Å². The minimum Gasteiger partial charge on any atom is -0.0772 e. The van der Waals surface area contributed by atoms with Crippen molar-refractivity contribution >= 4 is 0 Å². The van der Waals surface area contributed by atoms with Gasteiger partial charge in [-0.3, -0.25) is 0 Å². The predicted octanol–water partition coefficient (Wildman–Crippen LogP) is 4.95. The molecule has 2 saturated carbocycles. The van der Waals surface area contributed by atoms with E-state index in [2.05, 4.69) is 27.7 Å². The molecule has 0 saturated heterocycles. The molecule has 0 N–H and O–H groups in total. The van der Waals surface area contributed by atoms with Gasteiger partial charge in [0.1, 0.15) is 0 Å². The highest BCUT2D eigenvalue weighted by Gasteiger charge is 2.42. The van der Waals surface area contributed by atoms with E-state index in [1.807, 2.05) is 0 Å². The maximum absolute atomic E-state index is 2.55. The van der Waals surface area contributed by atoms with E-state index in [1.54, 1.807) is 11.1 Å². The average molecular weight is 206 g/mol. The molecule has 0 heteroatoms. The van der Waals surface area contributed by atoms with Gasteiger partial charge in [-0.25, -0.2) is 0 Å². The van der Waals surface area contributed by atoms with Crippen LogP contribution in [0, 0.1) is 17.3 Å². The SMILES string of the molecule is CC(C)=C1CC[C@@]2(C)CCC[C@H](C)[C@@H]2C1. The molecule has 0 heterocycles. The Morgan fingerprint density at radius 3 is 2.67 bits per heavy atom. The third-order valence-corrected chi connectivity index (χ3v) is 5.16. The lowest BCUT2D eigenvalue weighted by Crippen LogP contribution is -2.39. The van der Waals surface area contributed by atoms with Gasteiger partial charge in [-0.2, -0.15) is 0 Å². The molecule has 0 aromatic heterocycles. The van der Waals surface area contributed by atoms with Crippen LogP contribution in [0.4, 0.5) is 0 Å². The molecule has 0 aromatic carbocycles. The summed E-state index contributed by atoms with van der Waals surface area (Å²) in [6, 6.07) is 0. The first-order valence-corrected chi connectivity index (χ1v) is 6.68. The zero-order valence-corrected chi connectivity index (χ0v) is 10.9. The van der Waals surface area contributed by atoms with Crippen LogP contribution in [0.25, 0.3) is 0 Å². The molecule has 86 valence electrons. The van der Waals surface area contributed by atoms with E-state index in [0.717, 1.165) is 11.8 Å². The summed E-state index contributed by atoms with van der Waals surface area (Å²) in [5.41, 5.74) is 4.04. The molecule has 3 atom stereocenters. The molecule has 0 radical (unpaired) electrons. The Hall–Kier alpha value is -0.260. The predicted molar refractivity (Wildman–Crippen MR) is 66.8 cm³/mol. The second-order valence-corrected chi connectivity index (χ2v) is 6.44. The fraction of sp³-hybridized carbons (Fsp3) is 0.867. The summed E-state index contributed by atoms with van der Waals surface area (Å²) < 4.78 is 0. The maximum Gasteiger partial charge on any atom is -0.0282 e. The van der Waals surface area contributed by atoms with E-state index in [4.69, 9.17) is 0 Å². The molecular formula is C15H26. The van der Waals surface area contributed by atoms with Gasteiger partial charge >= 0.3 is 0 Å². The smallest absolute Gasteiger partial charge is 0.0282 e. The van der Waals surface area contributed by atoms with E-state index in [-0.39, 0.29) is 0 Å². The molecule has 2 aliphatic carbocycles. The van der Waals surface area contributed by atoms with Gasteiger partial charge < -0.3 is 0 Å². The van der Waals surface area contributed by atoms with Gasteiger partial charge in [-0.05, 0) is 56.8 Å². The Labute approximate surface area is 95.1 Å². The highest BCUT2D eigenvalue weighted by Crippen LogP contribution is 2.53. The lowest BCUT2D eigenvalue weighted by Gasteiger charge is -2.49. The molecule has 2 fully saturated rings. The van der Waals surface area contributed by atoms with Crippen molar-refractivity contribution in [2.45, 2.75) is 66.2 Å². The monoisotopic (exact) mass is 206 g/mol. The average Bonchev–Trinajstić information content (AvgIpc) is 2.17. The standard InChI is InChI=1S/C15H26/c1-11(2)13-7-9-15(4)8-5-6-12(3)14(15)10-13/h12,14H,5-10H2,1-4H3/t12-,14-,15+/m0/s1. The minimum absolute atomic E-state index is 0.677. The van der Waals surface area contributed by atoms with Crippen LogP contribution in [-0.4, -0.2) is 0 Å². The van der Waals surface area contributed by atoms with E-state index in [9.17, 15) is 0 Å². The van der Waals surface area contributed by atoms with Crippen molar-refractivity contribution in [1.29, 1.82) is 0 Å². The Kier molecular flexibility index (Phi) is 2.96. The van der Waals surface area contributed by atoms with Crippen molar-refractivity contribution < 1.29 is 0 Å². The summed E-state index contributed by atoms with van der Waals surface area (Å²) in [5.74, 6) is 1.93. The number of rotatable bonds is 0. The summed E-state index contributed by atoms with van der Waals surface area (Å²) >= 11 is 0. The lowest BCUT2D eigenvalue weighted by atomic mass is 9.56. The lowest BCUT2D eigenvalue weighted by molar-refractivity contribution is 0.0407. The third kappa shape index (κ3) is 2.00. The largest absolute Gasteiger partial charge is 0.0772 e. The molecule has 0 nitrogen and oxygen atoms in total. The Morgan fingerprint density at radius 2 is 2.00 bits per heavy atom. The van der Waals surface area contributed by atoms with Gasteiger partial charge in [0.25, 0.3) is 0 Å². The van der Waals surface area contributed by atoms with Crippen LogP contribution in [0.1, 0.15) is 66.2 Å². The summed E-state index contributed by atoms with van der Waals surface area (Å²) in [6.07, 6.45) is 8.65. The Balaban J connectivity index is 2.20. The molecule has 0 aromatic rings. The second-order valence-electron chi connectivity index (χ2n) is 6.44. The topological polar surface area (TPSA) is 0 Å². The van der Waals surface area contributed by atoms with Gasteiger partial charge in [0.05, 0.1) is 0 Å². The highest BCUT2D eigenvalue weighted by atomic mass is 14.5. The van der Waals surface area contributed by atoms with Gasteiger partial charge in [-0.15, -0.1) is 0 Å². The molecule has 0 bridgehead atoms. The van der Waals surface area contributed by atoms with E-state index in [1.165, 1.54) is 38.5 Å². The van der Waals surface area contributed by atoms with Crippen LogP contribution in [0.3, 0.4) is 0 Å². The Bertz CT molecular complexity index is 270. The van der Waals surface area contributed by atoms with Crippen LogP contribution in [0.5, 0.6) is 0 Å². The first-order valence-electron chi connectivity index (χ1n) is 6.68. The number of allylic oxidation sites excluding steroid dienone is 2. The van der Waals surface area contributed by atoms with E-state index in [0.29, 0.717) is 5.41 Å². The molecule has 0 aliphatic heterocycles. The van der Waals surface area contributed by atoms with Crippen LogP contribution < -0.4 is 0 Å². The van der Waals surface area contributed by atoms with E-state index < -0.39 is 0 Å². The van der Waals surface area contributed by atoms with Crippen molar-refractivity contribution in [3.8, 4) is 0 Å². The van der Waals surface area contributed by atoms with E-state index >= 15 is 0 Å². The summed E-state index contributed by atoms with van der Waals surface area (Å²) in [4.78, 5) is 0.